The molecule has 1 saturated heterocycles. The van der Waals surface area contributed by atoms with Crippen molar-refractivity contribution in [3.8, 4) is 0 Å². The summed E-state index contributed by atoms with van der Waals surface area (Å²) in [7, 11) is 0. The van der Waals surface area contributed by atoms with Crippen LogP contribution in [0.5, 0.6) is 0 Å². The standard InChI is InChI=1S/C16H17ClN2OS/c1-11-6-7-13(12(17)10-11)18-16(20)19-8-2-4-14(19)15-5-3-9-21-15/h3,5-7,9-10,14H,2,4,8H2,1H3,(H,18,20). The predicted molar refractivity (Wildman–Crippen MR) is 88.2 cm³/mol. The number of urea groups is 1. The molecule has 3 nitrogen and oxygen atoms in total. The highest BCUT2D eigenvalue weighted by Crippen LogP contribution is 2.35. The SMILES string of the molecule is Cc1ccc(NC(=O)N2CCCC2c2cccs2)c(Cl)c1. The third-order valence-electron chi connectivity index (χ3n) is 3.75. The lowest BCUT2D eigenvalue weighted by atomic mass is 10.2. The molecule has 1 atom stereocenters. The Bertz CT molecular complexity index is 642. The van der Waals surface area contributed by atoms with E-state index in [1.165, 1.54) is 4.88 Å². The lowest BCUT2D eigenvalue weighted by Crippen LogP contribution is -2.34. The normalized spacial score (nSPS) is 18.0. The molecule has 1 fully saturated rings. The van der Waals surface area contributed by atoms with E-state index in [4.69, 9.17) is 11.6 Å². The number of thiophene rings is 1. The second-order valence-electron chi connectivity index (χ2n) is 5.28. The fraction of sp³-hybridized carbons (Fsp3) is 0.312. The van der Waals surface area contributed by atoms with Crippen molar-refractivity contribution in [2.24, 2.45) is 0 Å². The average Bonchev–Trinajstić information content (AvgIpc) is 3.10. The highest BCUT2D eigenvalue weighted by atomic mass is 35.5. The van der Waals surface area contributed by atoms with Gasteiger partial charge in [-0.3, -0.25) is 0 Å². The zero-order valence-corrected chi connectivity index (χ0v) is 13.4. The Morgan fingerprint density at radius 3 is 3.00 bits per heavy atom. The Hall–Kier alpha value is -1.52. The van der Waals surface area contributed by atoms with Crippen molar-refractivity contribution in [1.29, 1.82) is 0 Å². The molecule has 110 valence electrons. The molecule has 2 amide bonds. The van der Waals surface area contributed by atoms with Crippen LogP contribution < -0.4 is 5.32 Å². The molecule has 0 saturated carbocycles. The first-order valence-corrected chi connectivity index (χ1v) is 8.28. The van der Waals surface area contributed by atoms with Crippen LogP contribution in [0.4, 0.5) is 10.5 Å². The Kier molecular flexibility index (Phi) is 4.17. The number of rotatable bonds is 2. The summed E-state index contributed by atoms with van der Waals surface area (Å²) in [5.74, 6) is 0. The minimum absolute atomic E-state index is 0.0725. The van der Waals surface area contributed by atoms with Crippen LogP contribution in [0.3, 0.4) is 0 Å². The van der Waals surface area contributed by atoms with Crippen LogP contribution in [-0.4, -0.2) is 17.5 Å². The summed E-state index contributed by atoms with van der Waals surface area (Å²) in [6.45, 7) is 2.77. The van der Waals surface area contributed by atoms with Crippen LogP contribution in [0.15, 0.2) is 35.7 Å². The number of hydrogen-bond acceptors (Lipinski definition) is 2. The van der Waals surface area contributed by atoms with Gasteiger partial charge in [-0.25, -0.2) is 4.79 Å². The van der Waals surface area contributed by atoms with E-state index >= 15 is 0 Å². The minimum Gasteiger partial charge on any atom is -0.317 e. The third kappa shape index (κ3) is 3.06. The van der Waals surface area contributed by atoms with Gasteiger partial charge >= 0.3 is 6.03 Å². The van der Waals surface area contributed by atoms with Crippen LogP contribution in [0.1, 0.15) is 29.3 Å². The summed E-state index contributed by atoms with van der Waals surface area (Å²) in [5.41, 5.74) is 1.75. The number of amides is 2. The topological polar surface area (TPSA) is 32.3 Å². The number of nitrogens with zero attached hydrogens (tertiary/aromatic N) is 1. The van der Waals surface area contributed by atoms with Crippen LogP contribution in [0.2, 0.25) is 5.02 Å². The maximum absolute atomic E-state index is 12.5. The van der Waals surface area contributed by atoms with E-state index in [1.54, 1.807) is 11.3 Å². The molecule has 2 heterocycles. The lowest BCUT2D eigenvalue weighted by molar-refractivity contribution is 0.208. The van der Waals surface area contributed by atoms with E-state index in [-0.39, 0.29) is 12.1 Å². The highest BCUT2D eigenvalue weighted by Gasteiger charge is 2.30. The molecule has 0 bridgehead atoms. The average molecular weight is 321 g/mol. The van der Waals surface area contributed by atoms with E-state index in [0.717, 1.165) is 24.9 Å². The van der Waals surface area contributed by atoms with Gasteiger partial charge in [0, 0.05) is 11.4 Å². The monoisotopic (exact) mass is 320 g/mol. The van der Waals surface area contributed by atoms with Crippen LogP contribution >= 0.6 is 22.9 Å². The van der Waals surface area contributed by atoms with Gasteiger partial charge in [-0.1, -0.05) is 23.7 Å². The van der Waals surface area contributed by atoms with E-state index in [1.807, 2.05) is 36.1 Å². The van der Waals surface area contributed by atoms with Crippen LogP contribution in [-0.2, 0) is 0 Å². The molecule has 0 spiro atoms. The number of likely N-dealkylation sites (tertiary alicyclic amines) is 1. The number of carbonyl (C=O) groups excluding carboxylic acids is 1. The second kappa shape index (κ2) is 6.08. The molecule has 1 aromatic heterocycles. The van der Waals surface area contributed by atoms with Crippen LogP contribution in [0, 0.1) is 6.92 Å². The van der Waals surface area contributed by atoms with Crippen molar-refractivity contribution in [1.82, 2.24) is 4.90 Å². The summed E-state index contributed by atoms with van der Waals surface area (Å²) in [4.78, 5) is 15.7. The Balaban J connectivity index is 1.75. The van der Waals surface area contributed by atoms with Crippen molar-refractivity contribution >= 4 is 34.7 Å². The molecule has 1 aliphatic rings. The molecule has 21 heavy (non-hydrogen) atoms. The zero-order valence-electron chi connectivity index (χ0n) is 11.8. The number of hydrogen-bond donors (Lipinski definition) is 1. The summed E-state index contributed by atoms with van der Waals surface area (Å²) >= 11 is 7.89. The number of benzene rings is 1. The number of nitrogens with one attached hydrogen (secondary N) is 1. The molecular weight excluding hydrogens is 304 g/mol. The van der Waals surface area contributed by atoms with Gasteiger partial charge in [0.25, 0.3) is 0 Å². The molecule has 0 radical (unpaired) electrons. The predicted octanol–water partition coefficient (Wildman–Crippen LogP) is 5.08. The number of aryl methyl sites for hydroxylation is 1. The minimum atomic E-state index is -0.0725. The quantitative estimate of drug-likeness (QED) is 0.822. The molecule has 1 unspecified atom stereocenters. The molecule has 1 aliphatic heterocycles. The van der Waals surface area contributed by atoms with E-state index in [9.17, 15) is 4.79 Å². The first kappa shape index (κ1) is 14.4. The van der Waals surface area contributed by atoms with Gasteiger partial charge in [-0.15, -0.1) is 11.3 Å². The number of anilines is 1. The smallest absolute Gasteiger partial charge is 0.317 e. The molecule has 5 heteroatoms. The van der Waals surface area contributed by atoms with Crippen molar-refractivity contribution in [2.45, 2.75) is 25.8 Å². The zero-order chi connectivity index (χ0) is 14.8. The second-order valence-corrected chi connectivity index (χ2v) is 6.67. The van der Waals surface area contributed by atoms with Gasteiger partial charge in [0.1, 0.15) is 0 Å². The first-order valence-electron chi connectivity index (χ1n) is 7.02. The fourth-order valence-corrected chi connectivity index (χ4v) is 3.85. The number of carbonyl (C=O) groups is 1. The lowest BCUT2D eigenvalue weighted by Gasteiger charge is -2.24. The Morgan fingerprint density at radius 1 is 1.43 bits per heavy atom. The van der Waals surface area contributed by atoms with Crippen LogP contribution in [0.25, 0.3) is 0 Å². The van der Waals surface area contributed by atoms with Gasteiger partial charge in [0.05, 0.1) is 16.8 Å². The first-order chi connectivity index (χ1) is 10.1. The van der Waals surface area contributed by atoms with Crippen molar-refractivity contribution in [3.63, 3.8) is 0 Å². The summed E-state index contributed by atoms with van der Waals surface area (Å²) in [6, 6.07) is 9.91. The van der Waals surface area contributed by atoms with Crippen molar-refractivity contribution < 1.29 is 4.79 Å². The maximum Gasteiger partial charge on any atom is 0.322 e. The maximum atomic E-state index is 12.5. The van der Waals surface area contributed by atoms with E-state index in [0.29, 0.717) is 10.7 Å². The summed E-state index contributed by atoms with van der Waals surface area (Å²) in [5, 5.41) is 5.57. The fourth-order valence-electron chi connectivity index (χ4n) is 2.69. The molecule has 3 rings (SSSR count). The van der Waals surface area contributed by atoms with Crippen molar-refractivity contribution in [3.05, 3.63) is 51.2 Å². The molecule has 0 aliphatic carbocycles. The van der Waals surface area contributed by atoms with Gasteiger partial charge in [-0.05, 0) is 48.9 Å². The summed E-state index contributed by atoms with van der Waals surface area (Å²) in [6.07, 6.45) is 2.06. The Labute approximate surface area is 133 Å². The van der Waals surface area contributed by atoms with Gasteiger partial charge in [0.15, 0.2) is 0 Å². The molecule has 2 aromatic rings. The summed E-state index contributed by atoms with van der Waals surface area (Å²) < 4.78 is 0. The third-order valence-corrected chi connectivity index (χ3v) is 5.04. The Morgan fingerprint density at radius 2 is 2.29 bits per heavy atom. The van der Waals surface area contributed by atoms with Crippen molar-refractivity contribution in [2.75, 3.05) is 11.9 Å². The van der Waals surface area contributed by atoms with E-state index in [2.05, 4.69) is 16.8 Å². The van der Waals surface area contributed by atoms with Gasteiger partial charge < -0.3 is 10.2 Å². The highest BCUT2D eigenvalue weighted by molar-refractivity contribution is 7.10. The molecule has 1 aromatic carbocycles. The largest absolute Gasteiger partial charge is 0.322 e. The number of halogens is 1. The van der Waals surface area contributed by atoms with Gasteiger partial charge in [0.2, 0.25) is 0 Å². The van der Waals surface area contributed by atoms with Gasteiger partial charge in [-0.2, -0.15) is 0 Å². The molecular formula is C16H17ClN2OS. The van der Waals surface area contributed by atoms with E-state index < -0.39 is 0 Å². The molecule has 1 N–H and O–H groups in total.